The van der Waals surface area contributed by atoms with Gasteiger partial charge in [-0.2, -0.15) is 0 Å². The van der Waals surface area contributed by atoms with Gasteiger partial charge in [-0.3, -0.25) is 0 Å². The smallest absolute Gasteiger partial charge is 0.184 e. The SMILES string of the molecule is CCCCCCCCC(CCCCCC)CS(=O)(=O)c1c(F)c(F)c(SOOO)c(F)c1F. The normalized spacial score (nSPS) is 12.9. The number of rotatable bonds is 18. The molecule has 33 heavy (non-hydrogen) atoms. The number of hydrogen-bond donors (Lipinski definition) is 1. The van der Waals surface area contributed by atoms with Crippen LogP contribution in [0.15, 0.2) is 9.79 Å². The lowest BCUT2D eigenvalue weighted by molar-refractivity contribution is -0.432. The van der Waals surface area contributed by atoms with Crippen molar-refractivity contribution in [1.29, 1.82) is 0 Å². The molecule has 1 N–H and O–H groups in total. The summed E-state index contributed by atoms with van der Waals surface area (Å²) in [5, 5.41) is 11.3. The molecule has 1 unspecified atom stereocenters. The number of benzene rings is 1. The number of unbranched alkanes of at least 4 members (excludes halogenated alkanes) is 8. The van der Waals surface area contributed by atoms with E-state index < -0.39 is 48.6 Å². The summed E-state index contributed by atoms with van der Waals surface area (Å²) in [6.45, 7) is 4.16. The van der Waals surface area contributed by atoms with Crippen LogP contribution in [0.1, 0.15) is 90.9 Å². The molecule has 0 bridgehead atoms. The highest BCUT2D eigenvalue weighted by molar-refractivity contribution is 7.94. The van der Waals surface area contributed by atoms with E-state index in [4.69, 9.17) is 5.26 Å². The van der Waals surface area contributed by atoms with E-state index >= 15 is 0 Å². The summed E-state index contributed by atoms with van der Waals surface area (Å²) in [6.07, 6.45) is 10.9. The van der Waals surface area contributed by atoms with Gasteiger partial charge >= 0.3 is 0 Å². The fraction of sp³-hybridized carbons (Fsp3) is 0.727. The maximum atomic E-state index is 14.5. The van der Waals surface area contributed by atoms with Crippen LogP contribution in [0.3, 0.4) is 0 Å². The minimum absolute atomic E-state index is 0.327. The molecule has 0 aromatic heterocycles. The first kappa shape index (κ1) is 30.2. The van der Waals surface area contributed by atoms with E-state index in [1.54, 1.807) is 0 Å². The van der Waals surface area contributed by atoms with Gasteiger partial charge in [-0.25, -0.2) is 31.2 Å². The lowest BCUT2D eigenvalue weighted by Crippen LogP contribution is -2.21. The average Bonchev–Trinajstić information content (AvgIpc) is 2.77. The van der Waals surface area contributed by atoms with Gasteiger partial charge in [0, 0.05) is 0 Å². The van der Waals surface area contributed by atoms with Crippen molar-refractivity contribution in [2.45, 2.75) is 101 Å². The minimum atomic E-state index is -4.66. The molecule has 1 rings (SSSR count). The van der Waals surface area contributed by atoms with E-state index in [-0.39, 0.29) is 18.0 Å². The van der Waals surface area contributed by atoms with Crippen LogP contribution < -0.4 is 0 Å². The van der Waals surface area contributed by atoms with Crippen molar-refractivity contribution in [3.05, 3.63) is 23.3 Å². The van der Waals surface area contributed by atoms with Crippen molar-refractivity contribution in [2.24, 2.45) is 5.92 Å². The Morgan fingerprint density at radius 3 is 1.73 bits per heavy atom. The molecule has 0 spiro atoms. The van der Waals surface area contributed by atoms with Crippen molar-refractivity contribution in [3.8, 4) is 0 Å². The molecule has 0 aliphatic heterocycles. The summed E-state index contributed by atoms with van der Waals surface area (Å²) in [7, 11) is -4.66. The van der Waals surface area contributed by atoms with Crippen molar-refractivity contribution in [3.63, 3.8) is 0 Å². The van der Waals surface area contributed by atoms with Gasteiger partial charge in [-0.1, -0.05) is 83.1 Å². The Balaban J connectivity index is 3.04. The molecule has 0 aliphatic carbocycles. The Bertz CT molecular complexity index is 792. The van der Waals surface area contributed by atoms with Crippen LogP contribution in [0.4, 0.5) is 17.6 Å². The standard InChI is InChI=1S/C22H34F4O5S2/c1-3-5-7-9-10-12-14-16(13-11-8-6-4-2)15-33(28,29)22-19(25)17(23)21(32-31-30-27)18(24)20(22)26/h16,27H,3-15H2,1-2H3. The first-order valence-electron chi connectivity index (χ1n) is 11.4. The molecule has 0 amide bonds. The molecule has 0 aliphatic rings. The number of sulfone groups is 1. The molecule has 5 nitrogen and oxygen atoms in total. The lowest BCUT2D eigenvalue weighted by Gasteiger charge is -2.18. The van der Waals surface area contributed by atoms with Crippen LogP contribution >= 0.6 is 12.0 Å². The van der Waals surface area contributed by atoms with Crippen molar-refractivity contribution in [1.82, 2.24) is 0 Å². The molecular weight excluding hydrogens is 484 g/mol. The first-order valence-corrected chi connectivity index (χ1v) is 13.8. The average molecular weight is 519 g/mol. The van der Waals surface area contributed by atoms with Crippen molar-refractivity contribution >= 4 is 21.9 Å². The first-order chi connectivity index (χ1) is 15.7. The molecule has 0 heterocycles. The Hall–Kier alpha value is -0.880. The van der Waals surface area contributed by atoms with E-state index in [2.05, 4.69) is 16.3 Å². The van der Waals surface area contributed by atoms with Gasteiger partial charge in [0.25, 0.3) is 0 Å². The molecule has 0 radical (unpaired) electrons. The van der Waals surface area contributed by atoms with Crippen LogP contribution in [0, 0.1) is 29.2 Å². The van der Waals surface area contributed by atoms with E-state index in [1.165, 1.54) is 0 Å². The zero-order valence-electron chi connectivity index (χ0n) is 19.2. The topological polar surface area (TPSA) is 72.8 Å². The predicted octanol–water partition coefficient (Wildman–Crippen LogP) is 7.78. The maximum Gasteiger partial charge on any atom is 0.184 e. The Kier molecular flexibility index (Phi) is 14.5. The highest BCUT2D eigenvalue weighted by Gasteiger charge is 2.35. The third kappa shape index (κ3) is 9.71. The van der Waals surface area contributed by atoms with Crippen LogP contribution in [0.2, 0.25) is 0 Å². The fourth-order valence-corrected chi connectivity index (χ4v) is 6.03. The molecule has 1 atom stereocenters. The van der Waals surface area contributed by atoms with Gasteiger partial charge in [0.2, 0.25) is 0 Å². The van der Waals surface area contributed by atoms with Crippen LogP contribution in [-0.2, 0) is 19.2 Å². The van der Waals surface area contributed by atoms with Gasteiger partial charge in [-0.05, 0) is 18.8 Å². The molecule has 0 saturated heterocycles. The Morgan fingerprint density at radius 1 is 0.788 bits per heavy atom. The monoisotopic (exact) mass is 518 g/mol. The Morgan fingerprint density at radius 2 is 1.24 bits per heavy atom. The minimum Gasteiger partial charge on any atom is -0.223 e. The van der Waals surface area contributed by atoms with E-state index in [1.807, 2.05) is 6.92 Å². The number of halogens is 4. The quantitative estimate of drug-likeness (QED) is 0.0534. The molecule has 0 fully saturated rings. The van der Waals surface area contributed by atoms with E-state index in [9.17, 15) is 26.0 Å². The number of hydrogen-bond acceptors (Lipinski definition) is 6. The van der Waals surface area contributed by atoms with E-state index in [0.29, 0.717) is 12.8 Å². The van der Waals surface area contributed by atoms with Gasteiger partial charge in [0.1, 0.15) is 9.79 Å². The zero-order chi connectivity index (χ0) is 24.9. The molecule has 1 aromatic carbocycles. The molecule has 1 aromatic rings. The van der Waals surface area contributed by atoms with Gasteiger partial charge < -0.3 is 0 Å². The lowest BCUT2D eigenvalue weighted by atomic mass is 9.96. The molecule has 192 valence electrons. The van der Waals surface area contributed by atoms with Gasteiger partial charge in [-0.15, -0.1) is 4.33 Å². The van der Waals surface area contributed by atoms with Gasteiger partial charge in [0.05, 0.1) is 17.8 Å². The third-order valence-corrected chi connectivity index (χ3v) is 8.07. The summed E-state index contributed by atoms with van der Waals surface area (Å²) in [4.78, 5) is -2.92. The van der Waals surface area contributed by atoms with Gasteiger partial charge in [0.15, 0.2) is 33.1 Å². The fourth-order valence-electron chi connectivity index (χ4n) is 3.76. The molecule has 11 heteroatoms. The van der Waals surface area contributed by atoms with Crippen LogP contribution in [0.25, 0.3) is 0 Å². The Labute approximate surface area is 198 Å². The van der Waals surface area contributed by atoms with E-state index in [0.717, 1.165) is 64.2 Å². The molecular formula is C22H34F4O5S2. The maximum absolute atomic E-state index is 14.5. The zero-order valence-corrected chi connectivity index (χ0v) is 20.8. The van der Waals surface area contributed by atoms with Crippen molar-refractivity contribution < 1.29 is 40.6 Å². The second kappa shape index (κ2) is 15.9. The largest absolute Gasteiger partial charge is 0.223 e. The predicted molar refractivity (Wildman–Crippen MR) is 119 cm³/mol. The summed E-state index contributed by atoms with van der Waals surface area (Å²) < 4.78 is 87.1. The summed E-state index contributed by atoms with van der Waals surface area (Å²) in [5.41, 5.74) is 0. The second-order valence-corrected chi connectivity index (χ2v) is 10.9. The van der Waals surface area contributed by atoms with Crippen molar-refractivity contribution in [2.75, 3.05) is 5.75 Å². The summed E-state index contributed by atoms with van der Waals surface area (Å²) in [5.74, 6) is -8.90. The second-order valence-electron chi connectivity index (χ2n) is 8.19. The highest BCUT2D eigenvalue weighted by Crippen LogP contribution is 2.35. The van der Waals surface area contributed by atoms with Crippen LogP contribution in [0.5, 0.6) is 0 Å². The summed E-state index contributed by atoms with van der Waals surface area (Å²) in [6, 6.07) is 0. The summed E-state index contributed by atoms with van der Waals surface area (Å²) >= 11 is -0.327. The molecule has 0 saturated carbocycles. The van der Waals surface area contributed by atoms with Crippen LogP contribution in [-0.4, -0.2) is 19.4 Å². The highest BCUT2D eigenvalue weighted by atomic mass is 32.2. The third-order valence-electron chi connectivity index (χ3n) is 5.53.